The predicted octanol–water partition coefficient (Wildman–Crippen LogP) is 3.77. The molecule has 1 aromatic carbocycles. The van der Waals surface area contributed by atoms with Gasteiger partial charge in [-0.3, -0.25) is 0 Å². The lowest BCUT2D eigenvalue weighted by atomic mass is 10.0. The fourth-order valence-corrected chi connectivity index (χ4v) is 3.16. The average molecular weight is 274 g/mol. The van der Waals surface area contributed by atoms with Gasteiger partial charge in [0.05, 0.1) is 0 Å². The number of hydrogen-bond acceptors (Lipinski definition) is 2. The van der Waals surface area contributed by atoms with Gasteiger partial charge in [-0.15, -0.1) is 0 Å². The van der Waals surface area contributed by atoms with Crippen molar-refractivity contribution in [1.29, 1.82) is 0 Å². The first kappa shape index (κ1) is 15.5. The third-order valence-corrected chi connectivity index (χ3v) is 4.47. The molecule has 2 heteroatoms. The van der Waals surface area contributed by atoms with E-state index in [0.29, 0.717) is 6.04 Å². The smallest absolute Gasteiger partial charge is 0.0449 e. The van der Waals surface area contributed by atoms with E-state index in [9.17, 15) is 0 Å². The molecular formula is C18H30N2. The molecule has 2 rings (SSSR count). The molecule has 1 aliphatic heterocycles. The van der Waals surface area contributed by atoms with Crippen molar-refractivity contribution >= 4 is 0 Å². The van der Waals surface area contributed by atoms with Gasteiger partial charge in [0.1, 0.15) is 0 Å². The first-order valence-corrected chi connectivity index (χ1v) is 8.25. The maximum Gasteiger partial charge on any atom is 0.0449 e. The zero-order valence-electron chi connectivity index (χ0n) is 13.4. The number of aryl methyl sites for hydroxylation is 1. The number of benzene rings is 1. The minimum atomic E-state index is 0.477. The van der Waals surface area contributed by atoms with Gasteiger partial charge in [0, 0.05) is 19.1 Å². The standard InChI is InChI=1S/C18H30N2/c1-4-10-19-18(17-8-6-7-15(3)12-17)14-20-11-9-16(5-2)13-20/h6-8,12,16,18-19H,4-5,9-11,13-14H2,1-3H3. The SMILES string of the molecule is CCCNC(CN1CCC(CC)C1)c1cccc(C)c1. The minimum Gasteiger partial charge on any atom is -0.309 e. The second kappa shape index (κ2) is 7.80. The molecule has 1 heterocycles. The lowest BCUT2D eigenvalue weighted by molar-refractivity contribution is 0.281. The van der Waals surface area contributed by atoms with Crippen LogP contribution in [0.5, 0.6) is 0 Å². The van der Waals surface area contributed by atoms with Crippen molar-refractivity contribution in [2.45, 2.75) is 46.1 Å². The number of likely N-dealkylation sites (tertiary alicyclic amines) is 1. The third-order valence-electron chi connectivity index (χ3n) is 4.47. The van der Waals surface area contributed by atoms with E-state index in [0.717, 1.165) is 19.0 Å². The molecule has 112 valence electrons. The molecule has 1 saturated heterocycles. The molecule has 0 spiro atoms. The van der Waals surface area contributed by atoms with Crippen LogP contribution in [0.4, 0.5) is 0 Å². The Morgan fingerprint density at radius 2 is 2.20 bits per heavy atom. The van der Waals surface area contributed by atoms with Crippen molar-refractivity contribution < 1.29 is 0 Å². The van der Waals surface area contributed by atoms with Gasteiger partial charge in [-0.25, -0.2) is 0 Å². The summed E-state index contributed by atoms with van der Waals surface area (Å²) in [5.74, 6) is 0.916. The summed E-state index contributed by atoms with van der Waals surface area (Å²) >= 11 is 0. The Hall–Kier alpha value is -0.860. The molecule has 0 saturated carbocycles. The van der Waals surface area contributed by atoms with E-state index in [4.69, 9.17) is 0 Å². The van der Waals surface area contributed by atoms with Crippen LogP contribution in [0.1, 0.15) is 50.3 Å². The molecule has 2 unspecified atom stereocenters. The summed E-state index contributed by atoms with van der Waals surface area (Å²) in [7, 11) is 0. The topological polar surface area (TPSA) is 15.3 Å². The molecule has 0 radical (unpaired) electrons. The van der Waals surface area contributed by atoms with Gasteiger partial charge >= 0.3 is 0 Å². The molecular weight excluding hydrogens is 244 g/mol. The second-order valence-corrected chi connectivity index (χ2v) is 6.24. The molecule has 1 N–H and O–H groups in total. The van der Waals surface area contributed by atoms with Crippen LogP contribution in [0.3, 0.4) is 0 Å². The molecule has 0 amide bonds. The summed E-state index contributed by atoms with van der Waals surface area (Å²) in [4.78, 5) is 2.64. The van der Waals surface area contributed by atoms with Crippen LogP contribution in [-0.4, -0.2) is 31.1 Å². The van der Waals surface area contributed by atoms with E-state index in [-0.39, 0.29) is 0 Å². The highest BCUT2D eigenvalue weighted by Crippen LogP contribution is 2.23. The summed E-state index contributed by atoms with van der Waals surface area (Å²) < 4.78 is 0. The Morgan fingerprint density at radius 3 is 2.85 bits per heavy atom. The van der Waals surface area contributed by atoms with Gasteiger partial charge in [0.25, 0.3) is 0 Å². The highest BCUT2D eigenvalue weighted by atomic mass is 15.2. The predicted molar refractivity (Wildman–Crippen MR) is 87.1 cm³/mol. The fourth-order valence-electron chi connectivity index (χ4n) is 3.16. The number of rotatable bonds is 7. The van der Waals surface area contributed by atoms with E-state index in [1.165, 1.54) is 43.5 Å². The Balaban J connectivity index is 2.00. The molecule has 20 heavy (non-hydrogen) atoms. The molecule has 2 atom stereocenters. The van der Waals surface area contributed by atoms with E-state index in [2.05, 4.69) is 55.3 Å². The van der Waals surface area contributed by atoms with Crippen LogP contribution < -0.4 is 5.32 Å². The van der Waals surface area contributed by atoms with Gasteiger partial charge in [-0.05, 0) is 44.3 Å². The Labute approximate surface area is 124 Å². The van der Waals surface area contributed by atoms with Gasteiger partial charge in [-0.1, -0.05) is 50.1 Å². The van der Waals surface area contributed by atoms with Crippen LogP contribution in [0.2, 0.25) is 0 Å². The van der Waals surface area contributed by atoms with Crippen molar-refractivity contribution in [2.75, 3.05) is 26.2 Å². The van der Waals surface area contributed by atoms with Gasteiger partial charge in [0.2, 0.25) is 0 Å². The molecule has 1 fully saturated rings. The summed E-state index contributed by atoms with van der Waals surface area (Å²) in [5, 5.41) is 3.73. The highest BCUT2D eigenvalue weighted by molar-refractivity contribution is 5.25. The van der Waals surface area contributed by atoms with Crippen molar-refractivity contribution in [3.63, 3.8) is 0 Å². The molecule has 1 aliphatic rings. The zero-order chi connectivity index (χ0) is 14.4. The zero-order valence-corrected chi connectivity index (χ0v) is 13.4. The summed E-state index contributed by atoms with van der Waals surface area (Å²) in [6, 6.07) is 9.45. The fraction of sp³-hybridized carbons (Fsp3) is 0.667. The lowest BCUT2D eigenvalue weighted by Crippen LogP contribution is -2.34. The van der Waals surface area contributed by atoms with Crippen LogP contribution >= 0.6 is 0 Å². The number of nitrogens with zero attached hydrogens (tertiary/aromatic N) is 1. The van der Waals surface area contributed by atoms with Crippen molar-refractivity contribution in [3.8, 4) is 0 Å². The maximum atomic E-state index is 3.73. The van der Waals surface area contributed by atoms with E-state index < -0.39 is 0 Å². The maximum absolute atomic E-state index is 3.73. The number of nitrogens with one attached hydrogen (secondary N) is 1. The van der Waals surface area contributed by atoms with Crippen LogP contribution in [0.15, 0.2) is 24.3 Å². The average Bonchev–Trinajstić information content (AvgIpc) is 2.91. The van der Waals surface area contributed by atoms with Gasteiger partial charge < -0.3 is 10.2 Å². The lowest BCUT2D eigenvalue weighted by Gasteiger charge is -2.25. The van der Waals surface area contributed by atoms with Gasteiger partial charge in [0.15, 0.2) is 0 Å². The van der Waals surface area contributed by atoms with E-state index in [1.807, 2.05) is 0 Å². The van der Waals surface area contributed by atoms with Crippen LogP contribution in [0.25, 0.3) is 0 Å². The quantitative estimate of drug-likeness (QED) is 0.814. The summed E-state index contributed by atoms with van der Waals surface area (Å²) in [6.07, 6.45) is 3.90. The monoisotopic (exact) mass is 274 g/mol. The van der Waals surface area contributed by atoms with Crippen LogP contribution in [-0.2, 0) is 0 Å². The van der Waals surface area contributed by atoms with E-state index >= 15 is 0 Å². The van der Waals surface area contributed by atoms with Crippen molar-refractivity contribution in [3.05, 3.63) is 35.4 Å². The van der Waals surface area contributed by atoms with Crippen LogP contribution in [0, 0.1) is 12.8 Å². The van der Waals surface area contributed by atoms with Crippen molar-refractivity contribution in [1.82, 2.24) is 10.2 Å². The molecule has 2 nitrogen and oxygen atoms in total. The number of hydrogen-bond donors (Lipinski definition) is 1. The summed E-state index contributed by atoms with van der Waals surface area (Å²) in [5.41, 5.74) is 2.80. The first-order chi connectivity index (χ1) is 9.72. The normalized spacial score (nSPS) is 21.2. The second-order valence-electron chi connectivity index (χ2n) is 6.24. The molecule has 1 aromatic rings. The largest absolute Gasteiger partial charge is 0.309 e. The van der Waals surface area contributed by atoms with Gasteiger partial charge in [-0.2, -0.15) is 0 Å². The summed E-state index contributed by atoms with van der Waals surface area (Å²) in [6.45, 7) is 11.6. The van der Waals surface area contributed by atoms with E-state index in [1.54, 1.807) is 0 Å². The molecule has 0 aromatic heterocycles. The first-order valence-electron chi connectivity index (χ1n) is 8.25. The van der Waals surface area contributed by atoms with Crippen molar-refractivity contribution in [2.24, 2.45) is 5.92 Å². The minimum absolute atomic E-state index is 0.477. The Kier molecular flexibility index (Phi) is 6.06. The highest BCUT2D eigenvalue weighted by Gasteiger charge is 2.23. The third kappa shape index (κ3) is 4.32. The molecule has 0 bridgehead atoms. The Bertz CT molecular complexity index is 402. The Morgan fingerprint density at radius 1 is 1.35 bits per heavy atom. The molecule has 0 aliphatic carbocycles.